The molecule has 1 rings (SSSR count). The van der Waals surface area contributed by atoms with Crippen molar-refractivity contribution >= 4 is 27.5 Å². The van der Waals surface area contributed by atoms with Crippen LogP contribution in [0.25, 0.3) is 0 Å². The summed E-state index contributed by atoms with van der Waals surface area (Å²) in [5.41, 5.74) is 2.11. The van der Waals surface area contributed by atoms with E-state index in [-0.39, 0.29) is 18.0 Å². The lowest BCUT2D eigenvalue weighted by Gasteiger charge is -2.19. The predicted octanol–water partition coefficient (Wildman–Crippen LogP) is 3.86. The summed E-state index contributed by atoms with van der Waals surface area (Å²) in [6.07, 6.45) is 2.08. The molecule has 0 fully saturated rings. The molecule has 0 spiro atoms. The average Bonchev–Trinajstić information content (AvgIpc) is 2.34. The average molecular weight is 327 g/mol. The van der Waals surface area contributed by atoms with E-state index in [2.05, 4.69) is 33.5 Å². The van der Waals surface area contributed by atoms with E-state index in [4.69, 9.17) is 0 Å². The van der Waals surface area contributed by atoms with Crippen LogP contribution in [0, 0.1) is 6.92 Å². The number of anilines is 1. The van der Waals surface area contributed by atoms with Gasteiger partial charge in [-0.05, 0) is 60.8 Å². The van der Waals surface area contributed by atoms with Gasteiger partial charge in [0, 0.05) is 16.2 Å². The molecular formula is C15H23BrN2O. The standard InChI is InChI=1S/C15H23BrN2O/c1-5-6-11(3)17-15(19)12(4)18-14-9-10(2)7-8-13(14)16/h7-9,11-12,18H,5-6H2,1-4H3,(H,17,19). The van der Waals surface area contributed by atoms with Gasteiger partial charge in [0.1, 0.15) is 6.04 Å². The zero-order valence-corrected chi connectivity index (χ0v) is 13.7. The minimum absolute atomic E-state index is 0.0364. The van der Waals surface area contributed by atoms with Crippen LogP contribution in [0.1, 0.15) is 39.2 Å². The molecule has 0 saturated heterocycles. The van der Waals surface area contributed by atoms with Gasteiger partial charge >= 0.3 is 0 Å². The Hall–Kier alpha value is -1.03. The molecule has 0 radical (unpaired) electrons. The summed E-state index contributed by atoms with van der Waals surface area (Å²) in [5, 5.41) is 6.26. The van der Waals surface area contributed by atoms with Gasteiger partial charge in [0.15, 0.2) is 0 Å². The summed E-state index contributed by atoms with van der Waals surface area (Å²) < 4.78 is 0.972. The zero-order valence-electron chi connectivity index (χ0n) is 12.1. The van der Waals surface area contributed by atoms with Gasteiger partial charge in [0.2, 0.25) is 5.91 Å². The van der Waals surface area contributed by atoms with Crippen LogP contribution in [-0.2, 0) is 4.79 Å². The van der Waals surface area contributed by atoms with Crippen molar-refractivity contribution in [3.63, 3.8) is 0 Å². The van der Waals surface area contributed by atoms with E-state index in [1.165, 1.54) is 0 Å². The van der Waals surface area contributed by atoms with Crippen molar-refractivity contribution in [3.8, 4) is 0 Å². The van der Waals surface area contributed by atoms with E-state index in [0.717, 1.165) is 28.6 Å². The molecule has 1 amide bonds. The van der Waals surface area contributed by atoms with E-state index >= 15 is 0 Å². The Bertz CT molecular complexity index is 434. The summed E-state index contributed by atoms with van der Waals surface area (Å²) >= 11 is 3.49. The SMILES string of the molecule is CCCC(C)NC(=O)C(C)Nc1cc(C)ccc1Br. The van der Waals surface area contributed by atoms with Gasteiger partial charge < -0.3 is 10.6 Å². The summed E-state index contributed by atoms with van der Waals surface area (Å²) in [6, 6.07) is 6.02. The molecule has 1 aromatic carbocycles. The maximum Gasteiger partial charge on any atom is 0.242 e. The highest BCUT2D eigenvalue weighted by Gasteiger charge is 2.15. The van der Waals surface area contributed by atoms with Crippen molar-refractivity contribution in [3.05, 3.63) is 28.2 Å². The number of nitrogens with one attached hydrogen (secondary N) is 2. The fraction of sp³-hybridized carbons (Fsp3) is 0.533. The van der Waals surface area contributed by atoms with Crippen LogP contribution in [0.15, 0.2) is 22.7 Å². The zero-order chi connectivity index (χ0) is 14.4. The van der Waals surface area contributed by atoms with Gasteiger partial charge in [0.25, 0.3) is 0 Å². The molecule has 0 aromatic heterocycles. The molecule has 2 N–H and O–H groups in total. The number of carbonyl (C=O) groups is 1. The molecule has 2 unspecified atom stereocenters. The van der Waals surface area contributed by atoms with Crippen molar-refractivity contribution < 1.29 is 4.79 Å². The molecule has 0 aliphatic carbocycles. The minimum atomic E-state index is -0.252. The maximum atomic E-state index is 12.0. The number of hydrogen-bond acceptors (Lipinski definition) is 2. The minimum Gasteiger partial charge on any atom is -0.373 e. The van der Waals surface area contributed by atoms with Gasteiger partial charge in [-0.3, -0.25) is 4.79 Å². The lowest BCUT2D eigenvalue weighted by atomic mass is 10.1. The molecular weight excluding hydrogens is 304 g/mol. The van der Waals surface area contributed by atoms with Crippen LogP contribution < -0.4 is 10.6 Å². The van der Waals surface area contributed by atoms with Crippen LogP contribution in [-0.4, -0.2) is 18.0 Å². The van der Waals surface area contributed by atoms with E-state index in [0.29, 0.717) is 0 Å². The second-order valence-corrected chi connectivity index (χ2v) is 5.90. The summed E-state index contributed by atoms with van der Waals surface area (Å²) in [5.74, 6) is 0.0364. The van der Waals surface area contributed by atoms with Crippen LogP contribution >= 0.6 is 15.9 Å². The Morgan fingerprint density at radius 1 is 1.37 bits per heavy atom. The fourth-order valence-electron chi connectivity index (χ4n) is 1.92. The van der Waals surface area contributed by atoms with Crippen LogP contribution in [0.2, 0.25) is 0 Å². The highest BCUT2D eigenvalue weighted by Crippen LogP contribution is 2.24. The first kappa shape index (κ1) is 16.0. The van der Waals surface area contributed by atoms with Gasteiger partial charge in [-0.25, -0.2) is 0 Å². The molecule has 0 bridgehead atoms. The molecule has 0 heterocycles. The predicted molar refractivity (Wildman–Crippen MR) is 84.5 cm³/mol. The number of hydrogen-bond donors (Lipinski definition) is 2. The van der Waals surface area contributed by atoms with E-state index in [1.807, 2.05) is 39.0 Å². The van der Waals surface area contributed by atoms with E-state index in [1.54, 1.807) is 0 Å². The molecule has 0 aliphatic heterocycles. The fourth-order valence-corrected chi connectivity index (χ4v) is 2.28. The molecule has 0 saturated carbocycles. The van der Waals surface area contributed by atoms with Crippen molar-refractivity contribution in [2.45, 2.75) is 52.6 Å². The Labute approximate surface area is 124 Å². The first-order valence-corrected chi connectivity index (χ1v) is 7.56. The lowest BCUT2D eigenvalue weighted by molar-refractivity contribution is -0.122. The molecule has 1 aromatic rings. The maximum absolute atomic E-state index is 12.0. The highest BCUT2D eigenvalue weighted by molar-refractivity contribution is 9.10. The molecule has 3 nitrogen and oxygen atoms in total. The van der Waals surface area contributed by atoms with Crippen LogP contribution in [0.3, 0.4) is 0 Å². The Balaban J connectivity index is 2.61. The molecule has 4 heteroatoms. The molecule has 19 heavy (non-hydrogen) atoms. The largest absolute Gasteiger partial charge is 0.373 e. The first-order valence-electron chi connectivity index (χ1n) is 6.77. The number of aryl methyl sites for hydroxylation is 1. The van der Waals surface area contributed by atoms with Crippen molar-refractivity contribution in [2.24, 2.45) is 0 Å². The molecule has 2 atom stereocenters. The monoisotopic (exact) mass is 326 g/mol. The smallest absolute Gasteiger partial charge is 0.242 e. The normalized spacial score (nSPS) is 13.7. The number of carbonyl (C=O) groups excluding carboxylic acids is 1. The third-order valence-electron chi connectivity index (χ3n) is 3.00. The Morgan fingerprint density at radius 3 is 2.68 bits per heavy atom. The van der Waals surface area contributed by atoms with E-state index < -0.39 is 0 Å². The van der Waals surface area contributed by atoms with Gasteiger partial charge in [-0.1, -0.05) is 19.4 Å². The number of amides is 1. The van der Waals surface area contributed by atoms with Crippen molar-refractivity contribution in [1.82, 2.24) is 5.32 Å². The number of benzene rings is 1. The van der Waals surface area contributed by atoms with Gasteiger partial charge in [-0.2, -0.15) is 0 Å². The highest BCUT2D eigenvalue weighted by atomic mass is 79.9. The first-order chi connectivity index (χ1) is 8.93. The van der Waals surface area contributed by atoms with E-state index in [9.17, 15) is 4.79 Å². The summed E-state index contributed by atoms with van der Waals surface area (Å²) in [4.78, 5) is 12.0. The van der Waals surface area contributed by atoms with Gasteiger partial charge in [0.05, 0.1) is 0 Å². The number of rotatable bonds is 6. The Morgan fingerprint density at radius 2 is 2.05 bits per heavy atom. The third kappa shape index (κ3) is 5.23. The topological polar surface area (TPSA) is 41.1 Å². The second kappa shape index (κ2) is 7.53. The lowest BCUT2D eigenvalue weighted by Crippen LogP contribution is -2.42. The second-order valence-electron chi connectivity index (χ2n) is 5.05. The van der Waals surface area contributed by atoms with Crippen molar-refractivity contribution in [2.75, 3.05) is 5.32 Å². The molecule has 0 aliphatic rings. The Kier molecular flexibility index (Phi) is 6.35. The van der Waals surface area contributed by atoms with Crippen molar-refractivity contribution in [1.29, 1.82) is 0 Å². The summed E-state index contributed by atoms with van der Waals surface area (Å²) in [6.45, 7) is 8.07. The number of halogens is 1. The van der Waals surface area contributed by atoms with Crippen LogP contribution in [0.5, 0.6) is 0 Å². The van der Waals surface area contributed by atoms with Gasteiger partial charge in [-0.15, -0.1) is 0 Å². The summed E-state index contributed by atoms with van der Waals surface area (Å²) in [7, 11) is 0. The van der Waals surface area contributed by atoms with Crippen LogP contribution in [0.4, 0.5) is 5.69 Å². The quantitative estimate of drug-likeness (QED) is 0.833. The third-order valence-corrected chi connectivity index (χ3v) is 3.69. The molecule has 106 valence electrons.